The maximum Gasteiger partial charge on any atom is 0.172 e. The molecule has 0 unspecified atom stereocenters. The molecule has 1 N–H and O–H groups in total. The molecule has 0 aliphatic heterocycles. The van der Waals surface area contributed by atoms with Crippen molar-refractivity contribution in [1.82, 2.24) is 4.98 Å². The van der Waals surface area contributed by atoms with Crippen molar-refractivity contribution in [2.24, 2.45) is 0 Å². The number of nitrogens with one attached hydrogen (secondary N) is 1. The molecule has 0 atom stereocenters. The summed E-state index contributed by atoms with van der Waals surface area (Å²) >= 11 is 6.11. The first-order valence-electron chi connectivity index (χ1n) is 7.39. The van der Waals surface area contributed by atoms with Crippen molar-refractivity contribution in [2.75, 3.05) is 7.11 Å². The van der Waals surface area contributed by atoms with Crippen LogP contribution >= 0.6 is 11.6 Å². The van der Waals surface area contributed by atoms with Crippen LogP contribution in [0.2, 0.25) is 5.02 Å². The van der Waals surface area contributed by atoms with E-state index in [4.69, 9.17) is 25.5 Å². The highest BCUT2D eigenvalue weighted by molar-refractivity contribution is 6.33. The summed E-state index contributed by atoms with van der Waals surface area (Å²) in [5, 5.41) is 0.631. The van der Waals surface area contributed by atoms with Gasteiger partial charge in [0, 0.05) is 12.3 Å². The number of ether oxygens (including phenoxy) is 2. The molecule has 0 aromatic carbocycles. The zero-order valence-electron chi connectivity index (χ0n) is 12.2. The summed E-state index contributed by atoms with van der Waals surface area (Å²) in [6.45, 7) is 0.437. The van der Waals surface area contributed by atoms with Gasteiger partial charge in [-0.1, -0.05) is 30.9 Å². The fraction of sp³-hybridized carbons (Fsp3) is 0.500. The molecular formula is C16H20ClNO3. The first-order valence-corrected chi connectivity index (χ1v) is 7.77. The second-order valence-electron chi connectivity index (χ2n) is 5.37. The predicted molar refractivity (Wildman–Crippen MR) is 81.7 cm³/mol. The Kier molecular flexibility index (Phi) is 4.56. The quantitative estimate of drug-likeness (QED) is 0.864. The number of H-pyrrole nitrogens is 1. The van der Waals surface area contributed by atoms with Crippen LogP contribution in [0.5, 0.6) is 5.75 Å². The summed E-state index contributed by atoms with van der Waals surface area (Å²) in [6, 6.07) is 3.64. The number of rotatable bonds is 5. The fourth-order valence-electron chi connectivity index (χ4n) is 2.77. The van der Waals surface area contributed by atoms with Gasteiger partial charge in [-0.3, -0.25) is 0 Å². The zero-order chi connectivity index (χ0) is 14.7. The van der Waals surface area contributed by atoms with Crippen LogP contribution in [0, 0.1) is 0 Å². The Hall–Kier alpha value is -1.39. The number of aromatic amines is 1. The van der Waals surface area contributed by atoms with E-state index in [0.717, 1.165) is 18.5 Å². The Morgan fingerprint density at radius 3 is 2.81 bits per heavy atom. The van der Waals surface area contributed by atoms with Crippen LogP contribution in [0.15, 0.2) is 22.7 Å². The average molecular weight is 310 g/mol. The van der Waals surface area contributed by atoms with Crippen LogP contribution in [-0.2, 0) is 11.3 Å². The summed E-state index contributed by atoms with van der Waals surface area (Å²) < 4.78 is 17.2. The second-order valence-corrected chi connectivity index (χ2v) is 5.78. The van der Waals surface area contributed by atoms with Crippen molar-refractivity contribution in [3.8, 4) is 17.2 Å². The maximum absolute atomic E-state index is 6.11. The molecule has 4 nitrogen and oxygen atoms in total. The molecule has 0 bridgehead atoms. The molecule has 2 heterocycles. The Morgan fingerprint density at radius 1 is 1.33 bits per heavy atom. The summed E-state index contributed by atoms with van der Waals surface area (Å²) in [4.78, 5) is 3.07. The SMILES string of the molecule is COc1cc(-c2[nH]ccc2Cl)oc1COC1CCCCC1. The fourth-order valence-corrected chi connectivity index (χ4v) is 2.98. The molecule has 1 saturated carbocycles. The van der Waals surface area contributed by atoms with E-state index >= 15 is 0 Å². The molecule has 3 rings (SSSR count). The van der Waals surface area contributed by atoms with Gasteiger partial charge >= 0.3 is 0 Å². The number of halogens is 1. The standard InChI is InChI=1S/C16H20ClNO3/c1-19-13-9-14(16-12(17)7-8-18-16)21-15(13)10-20-11-5-3-2-4-6-11/h7-9,11,18H,2-6,10H2,1H3. The maximum atomic E-state index is 6.11. The van der Waals surface area contributed by atoms with Gasteiger partial charge in [-0.05, 0) is 18.9 Å². The van der Waals surface area contributed by atoms with Gasteiger partial charge < -0.3 is 18.9 Å². The molecule has 1 fully saturated rings. The van der Waals surface area contributed by atoms with Crippen molar-refractivity contribution in [3.63, 3.8) is 0 Å². The summed E-state index contributed by atoms with van der Waals surface area (Å²) in [7, 11) is 1.63. The smallest absolute Gasteiger partial charge is 0.172 e. The lowest BCUT2D eigenvalue weighted by Crippen LogP contribution is -2.16. The number of hydrogen-bond acceptors (Lipinski definition) is 3. The lowest BCUT2D eigenvalue weighted by atomic mass is 9.98. The van der Waals surface area contributed by atoms with Gasteiger partial charge in [0.05, 0.1) is 18.2 Å². The summed E-state index contributed by atoms with van der Waals surface area (Å²) in [5.41, 5.74) is 0.763. The van der Waals surface area contributed by atoms with E-state index in [9.17, 15) is 0 Å². The van der Waals surface area contributed by atoms with Crippen molar-refractivity contribution in [3.05, 3.63) is 29.1 Å². The van der Waals surface area contributed by atoms with E-state index in [1.54, 1.807) is 19.4 Å². The molecule has 2 aromatic rings. The van der Waals surface area contributed by atoms with Gasteiger partial charge in [-0.15, -0.1) is 0 Å². The van der Waals surface area contributed by atoms with Crippen molar-refractivity contribution < 1.29 is 13.9 Å². The average Bonchev–Trinajstić information content (AvgIpc) is 3.11. The molecule has 0 saturated heterocycles. The monoisotopic (exact) mass is 309 g/mol. The molecule has 0 spiro atoms. The Balaban J connectivity index is 1.72. The summed E-state index contributed by atoms with van der Waals surface area (Å²) in [5.74, 6) is 2.08. The van der Waals surface area contributed by atoms with Crippen molar-refractivity contribution in [2.45, 2.75) is 44.8 Å². The van der Waals surface area contributed by atoms with Gasteiger partial charge in [0.2, 0.25) is 0 Å². The third-order valence-electron chi connectivity index (χ3n) is 3.93. The van der Waals surface area contributed by atoms with Crippen molar-refractivity contribution in [1.29, 1.82) is 0 Å². The third kappa shape index (κ3) is 3.27. The molecule has 1 aliphatic rings. The van der Waals surface area contributed by atoms with E-state index < -0.39 is 0 Å². The van der Waals surface area contributed by atoms with Gasteiger partial charge in [-0.25, -0.2) is 0 Å². The normalized spacial score (nSPS) is 16.3. The molecule has 2 aromatic heterocycles. The molecule has 114 valence electrons. The molecular weight excluding hydrogens is 290 g/mol. The first-order chi connectivity index (χ1) is 10.3. The molecule has 21 heavy (non-hydrogen) atoms. The Labute approximate surface area is 129 Å². The largest absolute Gasteiger partial charge is 0.493 e. The van der Waals surface area contributed by atoms with E-state index in [1.165, 1.54) is 19.3 Å². The van der Waals surface area contributed by atoms with Gasteiger partial charge in [0.25, 0.3) is 0 Å². The van der Waals surface area contributed by atoms with Gasteiger partial charge in [0.15, 0.2) is 17.3 Å². The van der Waals surface area contributed by atoms with E-state index in [2.05, 4.69) is 4.98 Å². The highest BCUT2D eigenvalue weighted by atomic mass is 35.5. The van der Waals surface area contributed by atoms with E-state index in [1.807, 2.05) is 6.07 Å². The molecule has 0 amide bonds. The lowest BCUT2D eigenvalue weighted by Gasteiger charge is -2.21. The van der Waals surface area contributed by atoms with E-state index in [-0.39, 0.29) is 0 Å². The van der Waals surface area contributed by atoms with Crippen LogP contribution < -0.4 is 4.74 Å². The van der Waals surface area contributed by atoms with Crippen LogP contribution in [0.25, 0.3) is 11.5 Å². The van der Waals surface area contributed by atoms with Crippen LogP contribution in [0.1, 0.15) is 37.9 Å². The lowest BCUT2D eigenvalue weighted by molar-refractivity contribution is 0.00792. The molecule has 5 heteroatoms. The van der Waals surface area contributed by atoms with Crippen LogP contribution in [0.3, 0.4) is 0 Å². The molecule has 1 aliphatic carbocycles. The van der Waals surface area contributed by atoms with E-state index in [0.29, 0.717) is 35.0 Å². The molecule has 0 radical (unpaired) electrons. The number of hydrogen-bond donors (Lipinski definition) is 1. The third-order valence-corrected chi connectivity index (χ3v) is 4.25. The highest BCUT2D eigenvalue weighted by Gasteiger charge is 2.19. The number of furan rings is 1. The highest BCUT2D eigenvalue weighted by Crippen LogP contribution is 2.34. The van der Waals surface area contributed by atoms with Gasteiger partial charge in [-0.2, -0.15) is 0 Å². The predicted octanol–water partition coefficient (Wildman–Crippen LogP) is 4.79. The second kappa shape index (κ2) is 6.58. The minimum absolute atomic E-state index is 0.339. The number of methoxy groups -OCH3 is 1. The minimum Gasteiger partial charge on any atom is -0.493 e. The minimum atomic E-state index is 0.339. The summed E-state index contributed by atoms with van der Waals surface area (Å²) in [6.07, 6.45) is 8.22. The zero-order valence-corrected chi connectivity index (χ0v) is 12.9. The van der Waals surface area contributed by atoms with Crippen LogP contribution in [-0.4, -0.2) is 18.2 Å². The first kappa shape index (κ1) is 14.5. The van der Waals surface area contributed by atoms with Crippen molar-refractivity contribution >= 4 is 11.6 Å². The van der Waals surface area contributed by atoms with Gasteiger partial charge in [0.1, 0.15) is 12.3 Å². The Bertz CT molecular complexity index is 584. The number of aromatic nitrogens is 1. The Morgan fingerprint density at radius 2 is 2.14 bits per heavy atom. The van der Waals surface area contributed by atoms with Crippen LogP contribution in [0.4, 0.5) is 0 Å². The topological polar surface area (TPSA) is 47.4 Å².